The number of furan rings is 1. The highest BCUT2D eigenvalue weighted by Gasteiger charge is 2.28. The van der Waals surface area contributed by atoms with Crippen LogP contribution in [0.4, 0.5) is 5.69 Å². The first-order valence-corrected chi connectivity index (χ1v) is 8.45. The van der Waals surface area contributed by atoms with Gasteiger partial charge in [0, 0.05) is 29.8 Å². The topological polar surface area (TPSA) is 89.6 Å². The number of benzene rings is 1. The Bertz CT molecular complexity index is 954. The molecule has 2 heterocycles. The Balaban J connectivity index is 1.93. The van der Waals surface area contributed by atoms with Gasteiger partial charge in [0.25, 0.3) is 5.69 Å². The van der Waals surface area contributed by atoms with E-state index in [1.165, 1.54) is 24.3 Å². The molecule has 0 amide bonds. The van der Waals surface area contributed by atoms with Crippen LogP contribution in [0.1, 0.15) is 22.2 Å². The van der Waals surface area contributed by atoms with Gasteiger partial charge in [-0.15, -0.1) is 0 Å². The van der Waals surface area contributed by atoms with Crippen LogP contribution in [0, 0.1) is 10.1 Å². The first kappa shape index (κ1) is 18.4. The summed E-state index contributed by atoms with van der Waals surface area (Å²) in [5.74, 6) is 0.339. The molecule has 0 aliphatic heterocycles. The third-order valence-electron chi connectivity index (χ3n) is 3.85. The molecule has 0 unspecified atom stereocenters. The molecule has 1 aromatic carbocycles. The number of carbonyl (C=O) groups excluding carboxylic acids is 1. The molecule has 2 aromatic heterocycles. The zero-order valence-electron chi connectivity index (χ0n) is 14.1. The average molecular weight is 381 g/mol. The van der Waals surface area contributed by atoms with Crippen LogP contribution in [-0.4, -0.2) is 15.8 Å². The summed E-state index contributed by atoms with van der Waals surface area (Å²) in [6.07, 6.45) is 4.99. The first-order chi connectivity index (χ1) is 13.1. The van der Waals surface area contributed by atoms with E-state index in [4.69, 9.17) is 17.0 Å². The summed E-state index contributed by atoms with van der Waals surface area (Å²) in [7, 11) is 0. The number of aliphatic imine (C=N–C) groups is 1. The third-order valence-corrected chi connectivity index (χ3v) is 4.20. The van der Waals surface area contributed by atoms with E-state index in [1.54, 1.807) is 47.5 Å². The van der Waals surface area contributed by atoms with Crippen molar-refractivity contribution < 1.29 is 18.7 Å². The van der Waals surface area contributed by atoms with Crippen molar-refractivity contribution in [3.63, 3.8) is 0 Å². The van der Waals surface area contributed by atoms with Gasteiger partial charge in [-0.3, -0.25) is 14.9 Å². The maximum absolute atomic E-state index is 13.1. The monoisotopic (exact) mass is 381 g/mol. The standard InChI is InChI=1S/C19H15N3O4S/c23-18(14-6-8-15(9-7-14)22(24)25)17(21-10-2-1-3-11-21)19(27)20-13-16-5-4-12-26-16/h1-12,17H,13H2/t17-/m1/s1. The van der Waals surface area contributed by atoms with Gasteiger partial charge in [0.05, 0.1) is 17.7 Å². The van der Waals surface area contributed by atoms with Crippen LogP contribution in [-0.2, 0) is 19.2 Å². The SMILES string of the molecule is O=C(c1ccc([N+](=O)[O-])cc1)[C@H](C([S-])=NCc1ccco1)[n+]1ccccc1. The lowest BCUT2D eigenvalue weighted by atomic mass is 10.0. The first-order valence-electron chi connectivity index (χ1n) is 8.04. The molecule has 8 heteroatoms. The predicted molar refractivity (Wildman–Crippen MR) is 100 cm³/mol. The van der Waals surface area contributed by atoms with E-state index >= 15 is 0 Å². The Kier molecular flexibility index (Phi) is 5.68. The van der Waals surface area contributed by atoms with Gasteiger partial charge in [-0.2, -0.15) is 4.57 Å². The zero-order valence-corrected chi connectivity index (χ0v) is 14.9. The molecule has 0 saturated heterocycles. The summed E-state index contributed by atoms with van der Waals surface area (Å²) in [6, 6.07) is 13.5. The second-order valence-electron chi connectivity index (χ2n) is 5.63. The Morgan fingerprint density at radius 1 is 1.15 bits per heavy atom. The molecule has 0 fully saturated rings. The van der Waals surface area contributed by atoms with Gasteiger partial charge in [-0.25, -0.2) is 0 Å². The number of ketones is 1. The molecule has 0 saturated carbocycles. The van der Waals surface area contributed by atoms with Crippen molar-refractivity contribution >= 4 is 29.1 Å². The molecule has 1 atom stereocenters. The lowest BCUT2D eigenvalue weighted by Gasteiger charge is -2.18. The Morgan fingerprint density at radius 2 is 1.85 bits per heavy atom. The summed E-state index contributed by atoms with van der Waals surface area (Å²) < 4.78 is 6.91. The largest absolute Gasteiger partial charge is 0.758 e. The van der Waals surface area contributed by atoms with Gasteiger partial charge in [-0.1, -0.05) is 6.07 Å². The van der Waals surface area contributed by atoms with Crippen LogP contribution in [0.3, 0.4) is 0 Å². The molecule has 0 aliphatic rings. The van der Waals surface area contributed by atoms with E-state index in [9.17, 15) is 14.9 Å². The van der Waals surface area contributed by atoms with Crippen LogP contribution in [0.15, 0.2) is 82.7 Å². The zero-order chi connectivity index (χ0) is 19.2. The van der Waals surface area contributed by atoms with E-state index in [-0.39, 0.29) is 23.1 Å². The smallest absolute Gasteiger partial charge is 0.269 e. The highest BCUT2D eigenvalue weighted by Crippen LogP contribution is 2.17. The van der Waals surface area contributed by atoms with Crippen LogP contribution < -0.4 is 4.57 Å². The number of non-ortho nitro benzene ring substituents is 1. The molecule has 0 radical (unpaired) electrons. The fraction of sp³-hybridized carbons (Fsp3) is 0.105. The molecule has 0 spiro atoms. The number of nitro benzene ring substituents is 1. The van der Waals surface area contributed by atoms with Gasteiger partial charge in [0.1, 0.15) is 5.76 Å². The van der Waals surface area contributed by atoms with Crippen molar-refractivity contribution in [3.05, 3.63) is 94.7 Å². The molecule has 3 rings (SSSR count). The van der Waals surface area contributed by atoms with Crippen molar-refractivity contribution in [1.29, 1.82) is 0 Å². The fourth-order valence-corrected chi connectivity index (χ4v) is 2.80. The molecular formula is C19H15N3O4S. The molecule has 0 aliphatic carbocycles. The van der Waals surface area contributed by atoms with Gasteiger partial charge < -0.3 is 22.0 Å². The number of carbonyl (C=O) groups is 1. The lowest BCUT2D eigenvalue weighted by molar-refractivity contribution is -0.691. The van der Waals surface area contributed by atoms with Crippen LogP contribution in [0.2, 0.25) is 0 Å². The summed E-state index contributed by atoms with van der Waals surface area (Å²) in [5.41, 5.74) is 0.234. The highest BCUT2D eigenvalue weighted by atomic mass is 32.1. The minimum atomic E-state index is -0.836. The molecular weight excluding hydrogens is 366 g/mol. The second-order valence-corrected chi connectivity index (χ2v) is 6.05. The molecule has 3 aromatic rings. The third kappa shape index (κ3) is 4.42. The molecule has 27 heavy (non-hydrogen) atoms. The van der Waals surface area contributed by atoms with Crippen molar-refractivity contribution in [2.75, 3.05) is 0 Å². The number of nitro groups is 1. The van der Waals surface area contributed by atoms with Gasteiger partial charge in [0.2, 0.25) is 11.8 Å². The maximum Gasteiger partial charge on any atom is 0.269 e. The maximum atomic E-state index is 13.1. The Morgan fingerprint density at radius 3 is 2.44 bits per heavy atom. The van der Waals surface area contributed by atoms with E-state index in [2.05, 4.69) is 4.99 Å². The quantitative estimate of drug-likeness (QED) is 0.119. The van der Waals surface area contributed by atoms with E-state index in [0.717, 1.165) is 0 Å². The van der Waals surface area contributed by atoms with E-state index < -0.39 is 11.0 Å². The van der Waals surface area contributed by atoms with Gasteiger partial charge in [-0.05, 0) is 29.3 Å². The van der Waals surface area contributed by atoms with Gasteiger partial charge >= 0.3 is 0 Å². The Labute approximate surface area is 160 Å². The van der Waals surface area contributed by atoms with E-state index in [0.29, 0.717) is 11.3 Å². The number of Topliss-reactive ketones (excluding diaryl/α,β-unsaturated/α-hetero) is 1. The van der Waals surface area contributed by atoms with Crippen molar-refractivity contribution in [2.24, 2.45) is 4.99 Å². The minimum absolute atomic E-state index is 0.0828. The fourth-order valence-electron chi connectivity index (χ4n) is 2.51. The number of pyridine rings is 1. The number of hydrogen-bond donors (Lipinski definition) is 0. The minimum Gasteiger partial charge on any atom is -0.758 e. The summed E-state index contributed by atoms with van der Waals surface area (Å²) in [6.45, 7) is 0.225. The summed E-state index contributed by atoms with van der Waals surface area (Å²) in [5, 5.41) is 11.0. The lowest BCUT2D eigenvalue weighted by Crippen LogP contribution is -2.47. The second kappa shape index (κ2) is 8.33. The number of hydrogen-bond acceptors (Lipinski definition) is 6. The van der Waals surface area contributed by atoms with Crippen molar-refractivity contribution in [2.45, 2.75) is 12.6 Å². The normalized spacial score (nSPS) is 12.5. The van der Waals surface area contributed by atoms with Crippen LogP contribution in [0.25, 0.3) is 0 Å². The average Bonchev–Trinajstić information content (AvgIpc) is 3.21. The molecule has 0 N–H and O–H groups in total. The Hall–Kier alpha value is -3.39. The predicted octanol–water partition coefficient (Wildman–Crippen LogP) is 3.04. The van der Waals surface area contributed by atoms with E-state index in [1.807, 2.05) is 6.07 Å². The van der Waals surface area contributed by atoms with Crippen LogP contribution in [0.5, 0.6) is 0 Å². The van der Waals surface area contributed by atoms with Crippen LogP contribution >= 0.6 is 0 Å². The number of rotatable bonds is 7. The number of aromatic nitrogens is 1. The highest BCUT2D eigenvalue weighted by molar-refractivity contribution is 7.77. The molecule has 0 bridgehead atoms. The summed E-state index contributed by atoms with van der Waals surface area (Å²) in [4.78, 5) is 27.7. The molecule has 136 valence electrons. The van der Waals surface area contributed by atoms with Crippen molar-refractivity contribution in [3.8, 4) is 0 Å². The summed E-state index contributed by atoms with van der Waals surface area (Å²) >= 11 is 5.42. The number of nitrogens with zero attached hydrogens (tertiary/aromatic N) is 3. The molecule has 7 nitrogen and oxygen atoms in total. The van der Waals surface area contributed by atoms with Gasteiger partial charge in [0.15, 0.2) is 12.4 Å². The van der Waals surface area contributed by atoms with Crippen molar-refractivity contribution in [1.82, 2.24) is 0 Å².